The molecule has 0 bridgehead atoms. The number of thiophene rings is 1. The topological polar surface area (TPSA) is 0 Å². The van der Waals surface area contributed by atoms with Gasteiger partial charge in [-0.15, -0.1) is 23.1 Å². The lowest BCUT2D eigenvalue weighted by atomic mass is 10.2. The highest BCUT2D eigenvalue weighted by molar-refractivity contribution is 8.00. The van der Waals surface area contributed by atoms with Crippen LogP contribution in [-0.2, 0) is 0 Å². The molecule has 0 amide bonds. The average Bonchev–Trinajstić information content (AvgIpc) is 2.45. The fourth-order valence-electron chi connectivity index (χ4n) is 1.16. The van der Waals surface area contributed by atoms with Gasteiger partial charge in [-0.1, -0.05) is 23.7 Å². The first-order valence-electron chi connectivity index (χ1n) is 3.64. The minimum absolute atomic E-state index is 0.190. The van der Waals surface area contributed by atoms with E-state index in [-0.39, 0.29) is 5.82 Å². The maximum absolute atomic E-state index is 13.3. The van der Waals surface area contributed by atoms with Crippen LogP contribution < -0.4 is 0 Å². The van der Waals surface area contributed by atoms with Gasteiger partial charge in [-0.2, -0.15) is 0 Å². The van der Waals surface area contributed by atoms with Gasteiger partial charge in [0.2, 0.25) is 0 Å². The molecule has 0 fully saturated rings. The Bertz CT molecular complexity index is 450. The summed E-state index contributed by atoms with van der Waals surface area (Å²) in [6.07, 6.45) is 1.94. The monoisotopic (exact) mass is 232 g/mol. The van der Waals surface area contributed by atoms with Crippen molar-refractivity contribution in [3.05, 3.63) is 29.0 Å². The van der Waals surface area contributed by atoms with Gasteiger partial charge in [0, 0.05) is 5.39 Å². The smallest absolute Gasteiger partial charge is 0.141 e. The molecule has 0 nitrogen and oxygen atoms in total. The Morgan fingerprint density at radius 1 is 1.46 bits per heavy atom. The van der Waals surface area contributed by atoms with Crippen molar-refractivity contribution in [2.45, 2.75) is 4.21 Å². The van der Waals surface area contributed by atoms with Crippen molar-refractivity contribution in [3.63, 3.8) is 0 Å². The quantitative estimate of drug-likeness (QED) is 0.656. The van der Waals surface area contributed by atoms with Gasteiger partial charge in [0.25, 0.3) is 0 Å². The molecular formula is C9H6ClFS2. The normalized spacial score (nSPS) is 11.0. The maximum Gasteiger partial charge on any atom is 0.141 e. The predicted octanol–water partition coefficient (Wildman–Crippen LogP) is 4.42. The summed E-state index contributed by atoms with van der Waals surface area (Å²) < 4.78 is 14.9. The van der Waals surface area contributed by atoms with E-state index in [4.69, 9.17) is 11.6 Å². The first kappa shape index (κ1) is 9.31. The van der Waals surface area contributed by atoms with E-state index in [2.05, 4.69) is 0 Å². The number of thioether (sulfide) groups is 1. The third kappa shape index (κ3) is 1.45. The molecule has 0 atom stereocenters. The van der Waals surface area contributed by atoms with Crippen LogP contribution in [0.2, 0.25) is 5.02 Å². The zero-order valence-electron chi connectivity index (χ0n) is 6.80. The van der Waals surface area contributed by atoms with Crippen LogP contribution in [0.1, 0.15) is 0 Å². The van der Waals surface area contributed by atoms with Crippen molar-refractivity contribution in [2.24, 2.45) is 0 Å². The summed E-state index contributed by atoms with van der Waals surface area (Å²) in [5.41, 5.74) is 0. The molecule has 1 aromatic heterocycles. The van der Waals surface area contributed by atoms with Crippen molar-refractivity contribution in [3.8, 4) is 0 Å². The van der Waals surface area contributed by atoms with Crippen LogP contribution in [0, 0.1) is 5.82 Å². The van der Waals surface area contributed by atoms with Crippen LogP contribution >= 0.6 is 34.7 Å². The third-order valence-corrected chi connectivity index (χ3v) is 4.71. The SMILES string of the molecule is CSc1sc2c(F)cccc2c1Cl. The third-order valence-electron chi connectivity index (χ3n) is 1.76. The second kappa shape index (κ2) is 3.48. The average molecular weight is 233 g/mol. The molecule has 0 saturated heterocycles. The zero-order chi connectivity index (χ0) is 9.42. The molecule has 1 heterocycles. The minimum Gasteiger partial charge on any atom is -0.205 e. The van der Waals surface area contributed by atoms with Crippen LogP contribution in [0.15, 0.2) is 22.4 Å². The van der Waals surface area contributed by atoms with Crippen LogP contribution in [0.3, 0.4) is 0 Å². The number of benzene rings is 1. The molecule has 68 valence electrons. The highest BCUT2D eigenvalue weighted by atomic mass is 35.5. The molecular weight excluding hydrogens is 227 g/mol. The Hall–Kier alpha value is -0.250. The van der Waals surface area contributed by atoms with Gasteiger partial charge >= 0.3 is 0 Å². The lowest BCUT2D eigenvalue weighted by Gasteiger charge is -1.90. The Balaban J connectivity index is 2.83. The van der Waals surface area contributed by atoms with E-state index >= 15 is 0 Å². The van der Waals surface area contributed by atoms with E-state index in [1.54, 1.807) is 17.8 Å². The zero-order valence-corrected chi connectivity index (χ0v) is 9.19. The molecule has 0 saturated carbocycles. The largest absolute Gasteiger partial charge is 0.205 e. The van der Waals surface area contributed by atoms with E-state index in [1.165, 1.54) is 17.4 Å². The summed E-state index contributed by atoms with van der Waals surface area (Å²) in [4.78, 5) is 0. The number of halogens is 2. The van der Waals surface area contributed by atoms with E-state index in [0.717, 1.165) is 9.60 Å². The Labute approximate surface area is 88.7 Å². The predicted molar refractivity (Wildman–Crippen MR) is 58.6 cm³/mol. The lowest BCUT2D eigenvalue weighted by Crippen LogP contribution is -1.70. The summed E-state index contributed by atoms with van der Waals surface area (Å²) in [7, 11) is 0. The van der Waals surface area contributed by atoms with E-state index in [0.29, 0.717) is 9.72 Å². The molecule has 0 spiro atoms. The van der Waals surface area contributed by atoms with Gasteiger partial charge in [-0.05, 0) is 12.3 Å². The van der Waals surface area contributed by atoms with Gasteiger partial charge in [0.15, 0.2) is 0 Å². The fourth-order valence-corrected chi connectivity index (χ4v) is 3.43. The van der Waals surface area contributed by atoms with Gasteiger partial charge < -0.3 is 0 Å². The van der Waals surface area contributed by atoms with Crippen molar-refractivity contribution in [1.29, 1.82) is 0 Å². The molecule has 1 aromatic carbocycles. The summed E-state index contributed by atoms with van der Waals surface area (Å²) >= 11 is 9.01. The fraction of sp³-hybridized carbons (Fsp3) is 0.111. The van der Waals surface area contributed by atoms with E-state index in [9.17, 15) is 4.39 Å². The Kier molecular flexibility index (Phi) is 2.49. The van der Waals surface area contributed by atoms with Crippen LogP contribution in [0.5, 0.6) is 0 Å². The molecule has 0 radical (unpaired) electrons. The number of hydrogen-bond donors (Lipinski definition) is 0. The molecule has 0 unspecified atom stereocenters. The van der Waals surface area contributed by atoms with Gasteiger partial charge in [-0.25, -0.2) is 4.39 Å². The molecule has 13 heavy (non-hydrogen) atoms. The molecule has 4 heteroatoms. The van der Waals surface area contributed by atoms with Gasteiger partial charge in [-0.3, -0.25) is 0 Å². The van der Waals surface area contributed by atoms with Crippen LogP contribution in [0.25, 0.3) is 10.1 Å². The van der Waals surface area contributed by atoms with Crippen molar-refractivity contribution < 1.29 is 4.39 Å². The Morgan fingerprint density at radius 2 is 2.23 bits per heavy atom. The highest BCUT2D eigenvalue weighted by Crippen LogP contribution is 2.41. The van der Waals surface area contributed by atoms with E-state index in [1.807, 2.05) is 12.3 Å². The number of hydrogen-bond acceptors (Lipinski definition) is 2. The molecule has 0 N–H and O–H groups in total. The molecule has 0 aliphatic rings. The second-order valence-corrected chi connectivity index (χ2v) is 5.00. The first-order chi connectivity index (χ1) is 6.24. The standard InChI is InChI=1S/C9H6ClFS2/c1-12-9-7(10)5-3-2-4-6(11)8(5)13-9/h2-4H,1H3. The second-order valence-electron chi connectivity index (χ2n) is 2.52. The highest BCUT2D eigenvalue weighted by Gasteiger charge is 2.11. The summed E-state index contributed by atoms with van der Waals surface area (Å²) in [5, 5.41) is 1.49. The van der Waals surface area contributed by atoms with Crippen molar-refractivity contribution in [1.82, 2.24) is 0 Å². The molecule has 0 aliphatic carbocycles. The van der Waals surface area contributed by atoms with Crippen molar-refractivity contribution >= 4 is 44.8 Å². The number of rotatable bonds is 1. The first-order valence-corrected chi connectivity index (χ1v) is 6.06. The summed E-state index contributed by atoms with van der Waals surface area (Å²) in [6, 6.07) is 4.98. The summed E-state index contributed by atoms with van der Waals surface area (Å²) in [6.45, 7) is 0. The molecule has 2 aromatic rings. The van der Waals surface area contributed by atoms with Crippen LogP contribution in [0.4, 0.5) is 4.39 Å². The molecule has 0 aliphatic heterocycles. The van der Waals surface area contributed by atoms with Gasteiger partial charge in [0.1, 0.15) is 5.82 Å². The van der Waals surface area contributed by atoms with Crippen LogP contribution in [-0.4, -0.2) is 6.26 Å². The lowest BCUT2D eigenvalue weighted by molar-refractivity contribution is 0.642. The molecule has 2 rings (SSSR count). The maximum atomic E-state index is 13.3. The minimum atomic E-state index is -0.190. The van der Waals surface area contributed by atoms with Crippen molar-refractivity contribution in [2.75, 3.05) is 6.26 Å². The van der Waals surface area contributed by atoms with E-state index < -0.39 is 0 Å². The van der Waals surface area contributed by atoms with Gasteiger partial charge in [0.05, 0.1) is 13.9 Å². The Morgan fingerprint density at radius 3 is 2.85 bits per heavy atom. The summed E-state index contributed by atoms with van der Waals surface area (Å²) in [5.74, 6) is -0.190. The number of fused-ring (bicyclic) bond motifs is 1.